The Kier molecular flexibility index (Phi) is 3.68. The summed E-state index contributed by atoms with van der Waals surface area (Å²) in [5, 5.41) is -0.0956. The lowest BCUT2D eigenvalue weighted by Crippen LogP contribution is -2.39. The molecule has 23 heavy (non-hydrogen) atoms. The molecule has 0 N–H and O–H groups in total. The van der Waals surface area contributed by atoms with E-state index in [2.05, 4.69) is 9.97 Å². The van der Waals surface area contributed by atoms with Gasteiger partial charge in [-0.05, 0) is 30.0 Å². The number of fused-ring (bicyclic) bond motifs is 1. The van der Waals surface area contributed by atoms with Gasteiger partial charge in [-0.1, -0.05) is 24.3 Å². The van der Waals surface area contributed by atoms with Crippen molar-refractivity contribution in [1.29, 1.82) is 0 Å². The number of benzene rings is 1. The van der Waals surface area contributed by atoms with Crippen LogP contribution in [0.4, 0.5) is 0 Å². The molecule has 0 saturated carbocycles. The molecule has 0 bridgehead atoms. The molecule has 0 unspecified atom stereocenters. The fraction of sp³-hybridized carbons (Fsp3) is 0.312. The summed E-state index contributed by atoms with van der Waals surface area (Å²) >= 11 is 0. The van der Waals surface area contributed by atoms with Gasteiger partial charge in [-0.3, -0.25) is 4.79 Å². The van der Waals surface area contributed by atoms with Crippen molar-refractivity contribution in [3.63, 3.8) is 0 Å². The van der Waals surface area contributed by atoms with E-state index in [1.165, 1.54) is 19.5 Å². The van der Waals surface area contributed by atoms with Gasteiger partial charge in [0.2, 0.25) is 0 Å². The van der Waals surface area contributed by atoms with Crippen LogP contribution in [0.3, 0.4) is 0 Å². The normalized spacial score (nSPS) is 15.9. The lowest BCUT2D eigenvalue weighted by atomic mass is 9.81. The van der Waals surface area contributed by atoms with Crippen molar-refractivity contribution in [2.24, 2.45) is 0 Å². The summed E-state index contributed by atoms with van der Waals surface area (Å²) in [6, 6.07) is 9.11. The van der Waals surface area contributed by atoms with Crippen LogP contribution < -0.4 is 0 Å². The van der Waals surface area contributed by atoms with Crippen LogP contribution in [0.25, 0.3) is 0 Å². The molecule has 0 aliphatic heterocycles. The minimum absolute atomic E-state index is 0.0956. The fourth-order valence-electron chi connectivity index (χ4n) is 3.04. The Hall–Kier alpha value is -2.28. The first-order valence-electron chi connectivity index (χ1n) is 7.04. The molecule has 2 aromatic rings. The fourth-order valence-corrected chi connectivity index (χ4v) is 3.61. The Balaban J connectivity index is 2.15. The second-order valence-corrected chi connectivity index (χ2v) is 7.67. The number of carbonyl (C=O) groups is 1. The van der Waals surface area contributed by atoms with Crippen molar-refractivity contribution in [2.45, 2.75) is 23.3 Å². The maximum atomic E-state index is 12.5. The molecular formula is C16H16N2O4S. The van der Waals surface area contributed by atoms with Gasteiger partial charge in [0.15, 0.2) is 14.9 Å². The van der Waals surface area contributed by atoms with Crippen LogP contribution in [0.1, 0.15) is 16.8 Å². The maximum absolute atomic E-state index is 12.5. The number of hydrogen-bond acceptors (Lipinski definition) is 6. The highest BCUT2D eigenvalue weighted by atomic mass is 32.2. The molecule has 1 aliphatic carbocycles. The topological polar surface area (TPSA) is 86.2 Å². The number of hydrogen-bond donors (Lipinski definition) is 0. The summed E-state index contributed by atoms with van der Waals surface area (Å²) in [7, 11) is -2.16. The van der Waals surface area contributed by atoms with E-state index in [1.807, 2.05) is 24.3 Å². The summed E-state index contributed by atoms with van der Waals surface area (Å²) in [5.74, 6) is -0.424. The van der Waals surface area contributed by atoms with E-state index in [9.17, 15) is 13.2 Å². The van der Waals surface area contributed by atoms with Crippen molar-refractivity contribution in [2.75, 3.05) is 13.4 Å². The molecule has 6 nitrogen and oxygen atoms in total. The molecule has 7 heteroatoms. The number of carbonyl (C=O) groups excluding carboxylic acids is 1. The number of sulfone groups is 1. The van der Waals surface area contributed by atoms with Gasteiger partial charge >= 0.3 is 5.97 Å². The summed E-state index contributed by atoms with van der Waals surface area (Å²) in [6.07, 6.45) is 3.11. The molecule has 1 aliphatic rings. The highest BCUT2D eigenvalue weighted by molar-refractivity contribution is 7.90. The molecule has 0 radical (unpaired) electrons. The molecule has 1 heterocycles. The lowest BCUT2D eigenvalue weighted by molar-refractivity contribution is -0.147. The molecule has 3 rings (SSSR count). The summed E-state index contributed by atoms with van der Waals surface area (Å²) in [6.45, 7) is 0. The molecule has 0 spiro atoms. The zero-order valence-electron chi connectivity index (χ0n) is 12.8. The number of aromatic nitrogens is 2. The van der Waals surface area contributed by atoms with Gasteiger partial charge in [-0.2, -0.15) is 0 Å². The molecule has 0 atom stereocenters. The van der Waals surface area contributed by atoms with Crippen LogP contribution in [0.15, 0.2) is 41.7 Å². The zero-order valence-corrected chi connectivity index (χ0v) is 13.6. The summed E-state index contributed by atoms with van der Waals surface area (Å²) in [5.41, 5.74) is 1.44. The van der Waals surface area contributed by atoms with Gasteiger partial charge in [0.25, 0.3) is 0 Å². The third-order valence-corrected chi connectivity index (χ3v) is 5.17. The number of esters is 1. The third-order valence-electron chi connectivity index (χ3n) is 4.19. The molecule has 0 fully saturated rings. The summed E-state index contributed by atoms with van der Waals surface area (Å²) in [4.78, 5) is 20.5. The van der Waals surface area contributed by atoms with E-state index in [-0.39, 0.29) is 5.03 Å². The standard InChI is InChI=1S/C16H16N2O4S/c1-22-15(19)16(8-11-5-3-4-6-12(11)9-16)13-7-14(18-10-17-13)23(2,20)21/h3-7,10H,8-9H2,1-2H3. The molecule has 0 amide bonds. The predicted molar refractivity (Wildman–Crippen MR) is 82.7 cm³/mol. The first-order valence-corrected chi connectivity index (χ1v) is 8.94. The number of ether oxygens (including phenoxy) is 1. The Labute approximate surface area is 134 Å². The van der Waals surface area contributed by atoms with Crippen molar-refractivity contribution >= 4 is 15.8 Å². The number of rotatable bonds is 3. The second-order valence-electron chi connectivity index (χ2n) is 5.71. The highest BCUT2D eigenvalue weighted by Gasteiger charge is 2.48. The SMILES string of the molecule is COC(=O)C1(c2cc(S(C)(=O)=O)ncn2)Cc2ccccc2C1. The Morgan fingerprint density at radius 3 is 2.30 bits per heavy atom. The van der Waals surface area contributed by atoms with E-state index in [4.69, 9.17) is 4.74 Å². The van der Waals surface area contributed by atoms with E-state index in [1.54, 1.807) is 0 Å². The Bertz CT molecular complexity index is 852. The predicted octanol–water partition coefficient (Wildman–Crippen LogP) is 1.09. The van der Waals surface area contributed by atoms with Crippen LogP contribution in [-0.2, 0) is 37.6 Å². The first kappa shape index (κ1) is 15.6. The Morgan fingerprint density at radius 1 is 1.17 bits per heavy atom. The monoisotopic (exact) mass is 332 g/mol. The van der Waals surface area contributed by atoms with E-state index >= 15 is 0 Å². The second kappa shape index (κ2) is 5.42. The number of methoxy groups -OCH3 is 1. The van der Waals surface area contributed by atoms with Gasteiger partial charge in [-0.25, -0.2) is 18.4 Å². The van der Waals surface area contributed by atoms with Crippen molar-refractivity contribution in [3.05, 3.63) is 53.5 Å². The van der Waals surface area contributed by atoms with Gasteiger partial charge < -0.3 is 4.74 Å². The van der Waals surface area contributed by atoms with Gasteiger partial charge in [0.1, 0.15) is 11.7 Å². The number of nitrogens with zero attached hydrogens (tertiary/aromatic N) is 2. The van der Waals surface area contributed by atoms with E-state index in [0.717, 1.165) is 17.4 Å². The molecule has 120 valence electrons. The van der Waals surface area contributed by atoms with Crippen LogP contribution in [0.2, 0.25) is 0 Å². The van der Waals surface area contributed by atoms with E-state index in [0.29, 0.717) is 18.5 Å². The van der Waals surface area contributed by atoms with Crippen LogP contribution in [-0.4, -0.2) is 37.7 Å². The van der Waals surface area contributed by atoms with Gasteiger partial charge in [0, 0.05) is 6.26 Å². The average molecular weight is 332 g/mol. The molecule has 1 aromatic heterocycles. The quantitative estimate of drug-likeness (QED) is 0.618. The van der Waals surface area contributed by atoms with E-state index < -0.39 is 21.2 Å². The molecule has 1 aromatic carbocycles. The highest BCUT2D eigenvalue weighted by Crippen LogP contribution is 2.40. The zero-order chi connectivity index (χ0) is 16.7. The van der Waals surface area contributed by atoms with Gasteiger partial charge in [-0.15, -0.1) is 0 Å². The van der Waals surface area contributed by atoms with Crippen LogP contribution in [0, 0.1) is 0 Å². The minimum atomic E-state index is -3.48. The van der Waals surface area contributed by atoms with Gasteiger partial charge in [0.05, 0.1) is 12.8 Å². The van der Waals surface area contributed by atoms with Crippen LogP contribution in [0.5, 0.6) is 0 Å². The summed E-state index contributed by atoms with van der Waals surface area (Å²) < 4.78 is 28.5. The smallest absolute Gasteiger partial charge is 0.318 e. The van der Waals surface area contributed by atoms with Crippen molar-refractivity contribution in [1.82, 2.24) is 9.97 Å². The molecule has 0 saturated heterocycles. The maximum Gasteiger partial charge on any atom is 0.318 e. The minimum Gasteiger partial charge on any atom is -0.468 e. The van der Waals surface area contributed by atoms with Crippen molar-refractivity contribution < 1.29 is 17.9 Å². The van der Waals surface area contributed by atoms with Crippen molar-refractivity contribution in [3.8, 4) is 0 Å². The third kappa shape index (κ3) is 2.61. The average Bonchev–Trinajstić information content (AvgIpc) is 2.94. The lowest BCUT2D eigenvalue weighted by Gasteiger charge is -2.25. The Morgan fingerprint density at radius 2 is 1.78 bits per heavy atom. The largest absolute Gasteiger partial charge is 0.468 e. The van der Waals surface area contributed by atoms with Crippen LogP contribution >= 0.6 is 0 Å². The first-order chi connectivity index (χ1) is 10.9. The molecular weight excluding hydrogens is 316 g/mol.